The van der Waals surface area contributed by atoms with E-state index in [4.69, 9.17) is 0 Å². The Bertz CT molecular complexity index is 543. The first-order chi connectivity index (χ1) is 7.15. The third-order valence-electron chi connectivity index (χ3n) is 2.18. The maximum absolute atomic E-state index is 11.3. The lowest BCUT2D eigenvalue weighted by molar-refractivity contribution is 1.17. The van der Waals surface area contributed by atoms with Gasteiger partial charge in [0.2, 0.25) is 5.56 Å². The average molecular weight is 200 g/mol. The second-order valence-electron chi connectivity index (χ2n) is 3.65. The maximum atomic E-state index is 11.3. The number of rotatable bonds is 1. The Morgan fingerprint density at radius 2 is 1.93 bits per heavy atom. The minimum atomic E-state index is -0.0895. The van der Waals surface area contributed by atoms with Gasteiger partial charge in [0.25, 0.3) is 0 Å². The van der Waals surface area contributed by atoms with Crippen molar-refractivity contribution in [2.45, 2.75) is 13.8 Å². The zero-order valence-corrected chi connectivity index (χ0v) is 8.74. The number of nitrogens with zero attached hydrogens (tertiary/aromatic N) is 1. The molecule has 1 N–H and O–H groups in total. The van der Waals surface area contributed by atoms with Crippen molar-refractivity contribution in [2.75, 3.05) is 0 Å². The van der Waals surface area contributed by atoms with Crippen LogP contribution < -0.4 is 5.56 Å². The lowest BCUT2D eigenvalue weighted by atomic mass is 10.1. The number of aromatic amines is 1. The number of aryl methyl sites for hydroxylation is 2. The Morgan fingerprint density at radius 1 is 1.13 bits per heavy atom. The molecule has 2 rings (SSSR count). The van der Waals surface area contributed by atoms with E-state index in [2.05, 4.69) is 9.97 Å². The van der Waals surface area contributed by atoms with E-state index in [1.807, 2.05) is 32.0 Å². The van der Waals surface area contributed by atoms with Crippen molar-refractivity contribution in [1.82, 2.24) is 9.97 Å². The van der Waals surface area contributed by atoms with Gasteiger partial charge in [-0.1, -0.05) is 0 Å². The van der Waals surface area contributed by atoms with Gasteiger partial charge in [-0.15, -0.1) is 0 Å². The van der Waals surface area contributed by atoms with Crippen molar-refractivity contribution < 1.29 is 0 Å². The normalized spacial score (nSPS) is 10.3. The molecule has 0 aliphatic heterocycles. The number of hydrogen-bond acceptors (Lipinski definition) is 2. The molecule has 76 valence electrons. The van der Waals surface area contributed by atoms with Crippen LogP contribution in [0.25, 0.3) is 11.4 Å². The van der Waals surface area contributed by atoms with E-state index in [0.717, 1.165) is 22.5 Å². The van der Waals surface area contributed by atoms with Crippen molar-refractivity contribution >= 4 is 0 Å². The van der Waals surface area contributed by atoms with Crippen LogP contribution in [0.2, 0.25) is 0 Å². The molecule has 3 heteroatoms. The highest BCUT2D eigenvalue weighted by Crippen LogP contribution is 2.14. The van der Waals surface area contributed by atoms with Gasteiger partial charge >= 0.3 is 0 Å². The molecular formula is C12H12N2O. The molecule has 0 saturated heterocycles. The van der Waals surface area contributed by atoms with Gasteiger partial charge in [0, 0.05) is 12.3 Å². The minimum Gasteiger partial charge on any atom is -0.321 e. The fraction of sp³-hybridized carbons (Fsp3) is 0.167. The van der Waals surface area contributed by atoms with Crippen molar-refractivity contribution in [3.05, 3.63) is 51.9 Å². The van der Waals surface area contributed by atoms with Crippen LogP contribution in [0.15, 0.2) is 35.3 Å². The van der Waals surface area contributed by atoms with Crippen molar-refractivity contribution in [3.63, 3.8) is 0 Å². The lowest BCUT2D eigenvalue weighted by Crippen LogP contribution is -2.06. The molecule has 0 unspecified atom stereocenters. The predicted molar refractivity (Wildman–Crippen MR) is 59.8 cm³/mol. The van der Waals surface area contributed by atoms with Crippen LogP contribution >= 0.6 is 0 Å². The van der Waals surface area contributed by atoms with Gasteiger partial charge < -0.3 is 4.98 Å². The largest absolute Gasteiger partial charge is 0.321 e. The van der Waals surface area contributed by atoms with Gasteiger partial charge in [0.05, 0.1) is 11.4 Å². The van der Waals surface area contributed by atoms with E-state index in [1.54, 1.807) is 12.3 Å². The Hall–Kier alpha value is -1.90. The zero-order valence-electron chi connectivity index (χ0n) is 8.74. The van der Waals surface area contributed by atoms with E-state index in [-0.39, 0.29) is 5.56 Å². The lowest BCUT2D eigenvalue weighted by Gasteiger charge is -2.02. The minimum absolute atomic E-state index is 0.0895. The van der Waals surface area contributed by atoms with Crippen LogP contribution in [0.3, 0.4) is 0 Å². The van der Waals surface area contributed by atoms with Gasteiger partial charge in [-0.3, -0.25) is 9.78 Å². The molecule has 2 aromatic rings. The van der Waals surface area contributed by atoms with E-state index in [9.17, 15) is 4.79 Å². The third-order valence-corrected chi connectivity index (χ3v) is 2.18. The topological polar surface area (TPSA) is 45.8 Å². The summed E-state index contributed by atoms with van der Waals surface area (Å²) in [5.41, 5.74) is 3.55. The van der Waals surface area contributed by atoms with Gasteiger partial charge in [-0.2, -0.15) is 0 Å². The third kappa shape index (κ3) is 2.13. The molecule has 0 bridgehead atoms. The molecule has 2 heterocycles. The monoisotopic (exact) mass is 200 g/mol. The summed E-state index contributed by atoms with van der Waals surface area (Å²) in [7, 11) is 0. The highest BCUT2D eigenvalue weighted by molar-refractivity contribution is 5.55. The fourth-order valence-electron chi connectivity index (χ4n) is 1.50. The predicted octanol–water partition coefficient (Wildman–Crippen LogP) is 2.05. The Morgan fingerprint density at radius 3 is 2.60 bits per heavy atom. The molecule has 0 aliphatic carbocycles. The van der Waals surface area contributed by atoms with Crippen molar-refractivity contribution in [3.8, 4) is 11.4 Å². The summed E-state index contributed by atoms with van der Waals surface area (Å²) in [6.07, 6.45) is 1.74. The van der Waals surface area contributed by atoms with Crippen molar-refractivity contribution in [1.29, 1.82) is 0 Å². The average Bonchev–Trinajstić information content (AvgIpc) is 2.16. The maximum Gasteiger partial charge on any atom is 0.248 e. The molecule has 0 aliphatic rings. The van der Waals surface area contributed by atoms with Crippen LogP contribution in [0.4, 0.5) is 0 Å². The van der Waals surface area contributed by atoms with Gasteiger partial charge in [0.1, 0.15) is 0 Å². The zero-order chi connectivity index (χ0) is 10.8. The summed E-state index contributed by atoms with van der Waals surface area (Å²) in [6.45, 7) is 3.90. The molecule has 0 saturated carbocycles. The summed E-state index contributed by atoms with van der Waals surface area (Å²) in [4.78, 5) is 18.3. The number of nitrogens with one attached hydrogen (secondary N) is 1. The second kappa shape index (κ2) is 3.69. The van der Waals surface area contributed by atoms with Crippen LogP contribution in [0.1, 0.15) is 11.1 Å². The Balaban J connectivity index is 2.59. The van der Waals surface area contributed by atoms with Crippen molar-refractivity contribution in [2.24, 2.45) is 0 Å². The smallest absolute Gasteiger partial charge is 0.248 e. The van der Waals surface area contributed by atoms with Crippen LogP contribution in [-0.4, -0.2) is 9.97 Å². The first-order valence-electron chi connectivity index (χ1n) is 4.79. The summed E-state index contributed by atoms with van der Waals surface area (Å²) >= 11 is 0. The number of aromatic nitrogens is 2. The number of pyridine rings is 2. The van der Waals surface area contributed by atoms with Crippen LogP contribution in [-0.2, 0) is 0 Å². The van der Waals surface area contributed by atoms with E-state index < -0.39 is 0 Å². The molecule has 0 atom stereocenters. The number of H-pyrrole nitrogens is 1. The Kier molecular flexibility index (Phi) is 2.37. The summed E-state index contributed by atoms with van der Waals surface area (Å²) < 4.78 is 0. The molecule has 0 fully saturated rings. The van der Waals surface area contributed by atoms with E-state index in [0.29, 0.717) is 0 Å². The SMILES string of the molecule is Cc1ccnc(-c2cc(C)cc(=O)[nH]2)c1. The first-order valence-corrected chi connectivity index (χ1v) is 4.79. The van der Waals surface area contributed by atoms with Gasteiger partial charge in [-0.25, -0.2) is 0 Å². The fourth-order valence-corrected chi connectivity index (χ4v) is 1.50. The summed E-state index contributed by atoms with van der Waals surface area (Å²) in [5, 5.41) is 0. The second-order valence-corrected chi connectivity index (χ2v) is 3.65. The number of hydrogen-bond donors (Lipinski definition) is 1. The quantitative estimate of drug-likeness (QED) is 0.765. The van der Waals surface area contributed by atoms with E-state index in [1.165, 1.54) is 0 Å². The van der Waals surface area contributed by atoms with E-state index >= 15 is 0 Å². The molecule has 3 nitrogen and oxygen atoms in total. The Labute approximate surface area is 87.8 Å². The molecule has 0 aromatic carbocycles. The van der Waals surface area contributed by atoms with Gasteiger partial charge in [-0.05, 0) is 43.2 Å². The summed E-state index contributed by atoms with van der Waals surface area (Å²) in [6, 6.07) is 7.37. The molecule has 0 spiro atoms. The van der Waals surface area contributed by atoms with Crippen LogP contribution in [0.5, 0.6) is 0 Å². The molecule has 0 radical (unpaired) electrons. The summed E-state index contributed by atoms with van der Waals surface area (Å²) in [5.74, 6) is 0. The molecule has 0 amide bonds. The standard InChI is InChI=1S/C12H12N2O/c1-8-3-4-13-10(5-8)11-6-9(2)7-12(15)14-11/h3-7H,1-2H3,(H,14,15). The van der Waals surface area contributed by atoms with Crippen LogP contribution in [0, 0.1) is 13.8 Å². The first kappa shape index (κ1) is 9.65. The molecule has 2 aromatic heterocycles. The van der Waals surface area contributed by atoms with Gasteiger partial charge in [0.15, 0.2) is 0 Å². The highest BCUT2D eigenvalue weighted by atomic mass is 16.1. The molecular weight excluding hydrogens is 188 g/mol. The molecule has 15 heavy (non-hydrogen) atoms. The highest BCUT2D eigenvalue weighted by Gasteiger charge is 2.01.